The summed E-state index contributed by atoms with van der Waals surface area (Å²) in [6, 6.07) is 9.51. The summed E-state index contributed by atoms with van der Waals surface area (Å²) >= 11 is 0. The molecule has 248 valence electrons. The molecule has 13 heteroatoms. The second kappa shape index (κ2) is 10.5. The van der Waals surface area contributed by atoms with Crippen LogP contribution in [0.4, 0.5) is 5.69 Å². The van der Waals surface area contributed by atoms with Crippen LogP contribution in [-0.2, 0) is 31.1 Å². The molecule has 0 aliphatic carbocycles. The van der Waals surface area contributed by atoms with Gasteiger partial charge in [-0.2, -0.15) is 16.8 Å². The van der Waals surface area contributed by atoms with Gasteiger partial charge in [-0.15, -0.1) is 0 Å². The van der Waals surface area contributed by atoms with Crippen molar-refractivity contribution in [2.75, 3.05) is 11.9 Å². The van der Waals surface area contributed by atoms with Crippen molar-refractivity contribution in [1.29, 1.82) is 0 Å². The fraction of sp³-hybridized carbons (Fsp3) is 0.353. The Morgan fingerprint density at radius 2 is 1.57 bits per heavy atom. The number of ether oxygens (including phenoxy) is 1. The fourth-order valence-electron chi connectivity index (χ4n) is 6.49. The highest BCUT2D eigenvalue weighted by molar-refractivity contribution is 7.86. The predicted molar refractivity (Wildman–Crippen MR) is 177 cm³/mol. The van der Waals surface area contributed by atoms with Crippen LogP contribution in [0.2, 0.25) is 0 Å². The van der Waals surface area contributed by atoms with E-state index in [0.29, 0.717) is 34.4 Å². The molecule has 0 saturated heterocycles. The van der Waals surface area contributed by atoms with Crippen molar-refractivity contribution in [3.8, 4) is 11.5 Å². The summed E-state index contributed by atoms with van der Waals surface area (Å²) in [5.74, 6) is -0.945. The van der Waals surface area contributed by atoms with Crippen molar-refractivity contribution in [2.24, 2.45) is 4.99 Å². The van der Waals surface area contributed by atoms with Gasteiger partial charge in [-0.1, -0.05) is 52.0 Å². The van der Waals surface area contributed by atoms with Crippen LogP contribution in [0, 0.1) is 0 Å². The van der Waals surface area contributed by atoms with Gasteiger partial charge in [0.25, 0.3) is 26.1 Å². The normalized spacial score (nSPS) is 20.1. The number of nitrogens with one attached hydrogen (secondary N) is 2. The minimum absolute atomic E-state index is 0.0264. The topological polar surface area (TPSA) is 171 Å². The zero-order valence-electron chi connectivity index (χ0n) is 27.1. The minimum Gasteiger partial charge on any atom is -0.453 e. The number of hydrogen-bond acceptors (Lipinski definition) is 8. The van der Waals surface area contributed by atoms with Crippen LogP contribution < -0.4 is 25.9 Å². The Hall–Kier alpha value is -4.04. The SMILES string of the molecule is C=C(C)CNC(=O)c1ccc(C2=c3cc4c(c(S(=O)(=O)O)c3Oc3c2cc2c(c3S(=O)(=O)O)NC(C)C2(C)C)=NC(C)C4(C)C)cc1. The summed E-state index contributed by atoms with van der Waals surface area (Å²) < 4.78 is 80.1. The second-order valence-electron chi connectivity index (χ2n) is 13.7. The van der Waals surface area contributed by atoms with Gasteiger partial charge in [0.05, 0.1) is 17.1 Å². The summed E-state index contributed by atoms with van der Waals surface area (Å²) in [5.41, 5.74) is 2.40. The first-order chi connectivity index (χ1) is 21.7. The molecule has 0 bridgehead atoms. The highest BCUT2D eigenvalue weighted by atomic mass is 32.2. The van der Waals surface area contributed by atoms with Crippen molar-refractivity contribution >= 4 is 37.4 Å². The number of fused-ring (bicyclic) bond motifs is 4. The summed E-state index contributed by atoms with van der Waals surface area (Å²) in [4.78, 5) is 16.3. The van der Waals surface area contributed by atoms with Crippen LogP contribution in [0.25, 0.3) is 5.57 Å². The maximum Gasteiger partial charge on any atom is 0.300 e. The molecule has 4 N–H and O–H groups in total. The molecule has 3 heterocycles. The first-order valence-corrected chi connectivity index (χ1v) is 18.0. The summed E-state index contributed by atoms with van der Waals surface area (Å²) in [7, 11) is -9.96. The largest absolute Gasteiger partial charge is 0.453 e. The standard InChI is InChI=1S/C34H37N3O8S2/c1-16(2)15-35-32(38)20-11-9-19(10-12-20)25-21-13-23-26(36-17(3)33(23,5)6)30(46(39,40)41)28(21)45-29-22(25)14-24-27(31(29)47(42,43)44)37-18(4)34(24,7)8/h9-14,17-18,36H,1,15H2,2-8H3,(H,35,38)(H,39,40,41)(H,42,43,44). The molecular weight excluding hydrogens is 643 g/mol. The smallest absolute Gasteiger partial charge is 0.300 e. The summed E-state index contributed by atoms with van der Waals surface area (Å²) in [6.45, 7) is 17.3. The fourth-order valence-corrected chi connectivity index (χ4v) is 8.10. The number of carbonyl (C=O) groups is 1. The molecule has 0 saturated carbocycles. The number of benzene rings is 3. The van der Waals surface area contributed by atoms with Crippen molar-refractivity contribution < 1.29 is 35.5 Å². The summed E-state index contributed by atoms with van der Waals surface area (Å²) in [5, 5.41) is 6.26. The number of anilines is 1. The number of hydrogen-bond donors (Lipinski definition) is 4. The predicted octanol–water partition coefficient (Wildman–Crippen LogP) is 4.23. The van der Waals surface area contributed by atoms with E-state index in [1.165, 1.54) is 0 Å². The van der Waals surface area contributed by atoms with E-state index in [-0.39, 0.29) is 51.3 Å². The lowest BCUT2D eigenvalue weighted by Crippen LogP contribution is -2.33. The first-order valence-electron chi connectivity index (χ1n) is 15.1. The zero-order valence-corrected chi connectivity index (χ0v) is 28.8. The van der Waals surface area contributed by atoms with E-state index in [1.54, 1.807) is 43.3 Å². The molecule has 2 atom stereocenters. The van der Waals surface area contributed by atoms with Gasteiger partial charge in [0.15, 0.2) is 21.3 Å². The van der Waals surface area contributed by atoms with Gasteiger partial charge in [-0.25, -0.2) is 0 Å². The van der Waals surface area contributed by atoms with Crippen LogP contribution in [-0.4, -0.2) is 50.5 Å². The van der Waals surface area contributed by atoms with E-state index in [0.717, 1.165) is 5.57 Å². The molecular formula is C34H37N3O8S2. The van der Waals surface area contributed by atoms with Gasteiger partial charge in [0.2, 0.25) is 0 Å². The molecule has 0 spiro atoms. The van der Waals surface area contributed by atoms with E-state index in [1.807, 2.05) is 41.5 Å². The molecule has 2 unspecified atom stereocenters. The molecule has 0 radical (unpaired) electrons. The Kier molecular flexibility index (Phi) is 7.33. The number of carbonyl (C=O) groups excluding carboxylic acids is 1. The third-order valence-corrected chi connectivity index (χ3v) is 11.7. The molecule has 47 heavy (non-hydrogen) atoms. The molecule has 3 aromatic carbocycles. The van der Waals surface area contributed by atoms with Gasteiger partial charge >= 0.3 is 0 Å². The average Bonchev–Trinajstić information content (AvgIpc) is 3.32. The van der Waals surface area contributed by atoms with Gasteiger partial charge in [-0.3, -0.25) is 18.9 Å². The Balaban J connectivity index is 1.78. The van der Waals surface area contributed by atoms with Crippen molar-refractivity contribution in [2.45, 2.75) is 81.2 Å². The van der Waals surface area contributed by atoms with E-state index < -0.39 is 40.9 Å². The van der Waals surface area contributed by atoms with Gasteiger partial charge in [0, 0.05) is 45.3 Å². The zero-order chi connectivity index (χ0) is 34.6. The Labute approximate surface area is 274 Å². The lowest BCUT2D eigenvalue weighted by molar-refractivity contribution is 0.0957. The van der Waals surface area contributed by atoms with Crippen molar-refractivity contribution in [3.05, 3.63) is 86.9 Å². The third kappa shape index (κ3) is 5.07. The van der Waals surface area contributed by atoms with Crippen molar-refractivity contribution in [1.82, 2.24) is 5.32 Å². The third-order valence-electron chi connectivity index (χ3n) is 9.89. The van der Waals surface area contributed by atoms with Crippen LogP contribution in [0.3, 0.4) is 0 Å². The quantitative estimate of drug-likeness (QED) is 0.172. The number of nitrogens with zero attached hydrogens (tertiary/aromatic N) is 1. The van der Waals surface area contributed by atoms with Crippen LogP contribution in [0.15, 0.2) is 63.3 Å². The van der Waals surface area contributed by atoms with E-state index >= 15 is 0 Å². The van der Waals surface area contributed by atoms with Gasteiger partial charge in [0.1, 0.15) is 0 Å². The van der Waals surface area contributed by atoms with Gasteiger partial charge < -0.3 is 15.4 Å². The Morgan fingerprint density at radius 1 is 0.957 bits per heavy atom. The Bertz CT molecular complexity index is 2270. The summed E-state index contributed by atoms with van der Waals surface area (Å²) in [6.07, 6.45) is 0. The molecule has 3 aliphatic rings. The van der Waals surface area contributed by atoms with Gasteiger partial charge in [-0.05, 0) is 61.7 Å². The lowest BCUT2D eigenvalue weighted by atomic mass is 9.78. The highest BCUT2D eigenvalue weighted by Gasteiger charge is 2.45. The number of rotatable bonds is 6. The second-order valence-corrected chi connectivity index (χ2v) is 16.5. The van der Waals surface area contributed by atoms with E-state index in [9.17, 15) is 30.7 Å². The number of amides is 1. The maximum atomic E-state index is 13.2. The van der Waals surface area contributed by atoms with E-state index in [2.05, 4.69) is 22.2 Å². The molecule has 0 aromatic heterocycles. The lowest BCUT2D eigenvalue weighted by Gasteiger charge is -2.29. The minimum atomic E-state index is -4.99. The molecule has 1 amide bonds. The Morgan fingerprint density at radius 3 is 2.15 bits per heavy atom. The molecule has 0 fully saturated rings. The van der Waals surface area contributed by atoms with Crippen LogP contribution in [0.5, 0.6) is 11.5 Å². The molecule has 11 nitrogen and oxygen atoms in total. The van der Waals surface area contributed by atoms with E-state index in [4.69, 9.17) is 4.74 Å². The van der Waals surface area contributed by atoms with Crippen LogP contribution in [0.1, 0.15) is 81.1 Å². The van der Waals surface area contributed by atoms with Crippen LogP contribution >= 0.6 is 0 Å². The molecule has 3 aliphatic heterocycles. The maximum absolute atomic E-state index is 13.2. The highest BCUT2D eigenvalue weighted by Crippen LogP contribution is 2.52. The molecule has 6 rings (SSSR count). The monoisotopic (exact) mass is 679 g/mol. The van der Waals surface area contributed by atoms with Crippen molar-refractivity contribution in [3.63, 3.8) is 0 Å². The first kappa shape index (κ1) is 32.9. The average molecular weight is 680 g/mol. The molecule has 3 aromatic rings.